The van der Waals surface area contributed by atoms with Crippen molar-refractivity contribution in [2.24, 2.45) is 0 Å². The van der Waals surface area contributed by atoms with Gasteiger partial charge in [-0.2, -0.15) is 5.06 Å². The number of hydroxylamine groups is 2. The number of carbonyl (C=O) groups is 3. The molecule has 1 amide bonds. The molecule has 0 spiro atoms. The van der Waals surface area contributed by atoms with E-state index in [0.29, 0.717) is 29.9 Å². The zero-order chi connectivity index (χ0) is 37.5. The van der Waals surface area contributed by atoms with Crippen LogP contribution in [-0.4, -0.2) is 88.4 Å². The standard InChI is InChI=1S/C34H30N4O5.C7H15NO2/c1-34(2,3)42-33(41)30-5-4-16-38(30)32(40)31-18-29(37-43-31)24-12-8-22(9-13-24)21-6-10-23(11-7-21)28-17-25(20-39)26-19-35-15-14-27(26)36-28;1-8(2)10-7-5-3-4-6-9-7/h6-15,17-20,30H,4-5,16H2,1-3H3;7H,3-6H2,1-2H3. The number of fused-ring (bicyclic) bond motifs is 1. The number of ether oxygens (including phenoxy) is 2. The summed E-state index contributed by atoms with van der Waals surface area (Å²) in [5.41, 5.74) is 5.58. The Kier molecular flexibility index (Phi) is 11.7. The Hall–Kier alpha value is -5.30. The number of amides is 1. The molecule has 2 aliphatic rings. The Bertz CT molecular complexity index is 2030. The Balaban J connectivity index is 0.000000417. The van der Waals surface area contributed by atoms with Crippen molar-refractivity contribution >= 4 is 29.1 Å². The number of nitrogens with zero attached hydrogens (tertiary/aromatic N) is 5. The Morgan fingerprint density at radius 3 is 2.19 bits per heavy atom. The largest absolute Gasteiger partial charge is 0.458 e. The van der Waals surface area contributed by atoms with Crippen LogP contribution in [0.15, 0.2) is 83.6 Å². The van der Waals surface area contributed by atoms with Crippen molar-refractivity contribution in [2.45, 2.75) is 70.8 Å². The Morgan fingerprint density at radius 2 is 1.57 bits per heavy atom. The predicted molar refractivity (Wildman–Crippen MR) is 200 cm³/mol. The van der Waals surface area contributed by atoms with Crippen LogP contribution in [0, 0.1) is 0 Å². The van der Waals surface area contributed by atoms with Gasteiger partial charge in [0.05, 0.1) is 11.2 Å². The molecule has 5 aromatic rings. The van der Waals surface area contributed by atoms with E-state index in [9.17, 15) is 14.4 Å². The number of benzene rings is 2. The van der Waals surface area contributed by atoms with E-state index in [2.05, 4.69) is 10.1 Å². The van der Waals surface area contributed by atoms with Gasteiger partial charge in [0.1, 0.15) is 17.3 Å². The van der Waals surface area contributed by atoms with Crippen LogP contribution < -0.4 is 0 Å². The van der Waals surface area contributed by atoms with Gasteiger partial charge in [0.25, 0.3) is 5.91 Å². The third-order valence-electron chi connectivity index (χ3n) is 8.84. The van der Waals surface area contributed by atoms with Gasteiger partial charge in [-0.05, 0) is 69.7 Å². The van der Waals surface area contributed by atoms with E-state index in [-0.39, 0.29) is 18.0 Å². The molecule has 2 saturated heterocycles. The summed E-state index contributed by atoms with van der Waals surface area (Å²) in [6, 6.07) is 20.3. The van der Waals surface area contributed by atoms with E-state index < -0.39 is 17.6 Å². The zero-order valence-electron chi connectivity index (χ0n) is 30.8. The van der Waals surface area contributed by atoms with Gasteiger partial charge in [-0.15, -0.1) is 0 Å². The number of hydrogen-bond acceptors (Lipinski definition) is 11. The molecule has 0 bridgehead atoms. The fourth-order valence-electron chi connectivity index (χ4n) is 6.31. The van der Waals surface area contributed by atoms with Crippen molar-refractivity contribution in [3.63, 3.8) is 0 Å². The molecule has 5 heterocycles. The summed E-state index contributed by atoms with van der Waals surface area (Å²) in [6.45, 7) is 6.73. The highest BCUT2D eigenvalue weighted by atomic mass is 16.8. The van der Waals surface area contributed by atoms with Crippen molar-refractivity contribution in [3.05, 3.63) is 90.4 Å². The second kappa shape index (κ2) is 16.6. The van der Waals surface area contributed by atoms with E-state index >= 15 is 0 Å². The molecule has 12 nitrogen and oxygen atoms in total. The molecule has 0 aliphatic carbocycles. The van der Waals surface area contributed by atoms with Gasteiger partial charge in [-0.3, -0.25) is 19.4 Å². The fraction of sp³-hybridized carbons (Fsp3) is 0.366. The number of aromatic nitrogens is 3. The van der Waals surface area contributed by atoms with Crippen LogP contribution in [0.3, 0.4) is 0 Å². The second-order valence-electron chi connectivity index (χ2n) is 14.2. The molecule has 2 atom stereocenters. The topological polar surface area (TPSA) is 137 Å². The smallest absolute Gasteiger partial charge is 0.329 e. The van der Waals surface area contributed by atoms with Gasteiger partial charge < -0.3 is 18.9 Å². The molecule has 3 aromatic heterocycles. The average molecular weight is 720 g/mol. The summed E-state index contributed by atoms with van der Waals surface area (Å²) in [4.78, 5) is 53.1. The lowest BCUT2D eigenvalue weighted by molar-refractivity contribution is -0.271. The van der Waals surface area contributed by atoms with E-state index in [1.165, 1.54) is 17.7 Å². The lowest BCUT2D eigenvalue weighted by Crippen LogP contribution is -2.43. The van der Waals surface area contributed by atoms with Gasteiger partial charge in [0, 0.05) is 74.2 Å². The highest BCUT2D eigenvalue weighted by Gasteiger charge is 2.38. The summed E-state index contributed by atoms with van der Waals surface area (Å²) in [5.74, 6) is -0.693. The minimum Gasteiger partial charge on any atom is -0.458 e. The quantitative estimate of drug-likeness (QED) is 0.0902. The van der Waals surface area contributed by atoms with E-state index in [0.717, 1.165) is 58.9 Å². The van der Waals surface area contributed by atoms with Gasteiger partial charge in [0.2, 0.25) is 5.76 Å². The van der Waals surface area contributed by atoms with Crippen LogP contribution in [0.2, 0.25) is 0 Å². The summed E-state index contributed by atoms with van der Waals surface area (Å²) >= 11 is 0. The maximum absolute atomic E-state index is 13.2. The molecular weight excluding hydrogens is 674 g/mol. The number of hydrogen-bond donors (Lipinski definition) is 0. The number of rotatable bonds is 8. The number of carbonyl (C=O) groups excluding carboxylic acids is 3. The van der Waals surface area contributed by atoms with Crippen LogP contribution in [0.4, 0.5) is 0 Å². The first-order valence-electron chi connectivity index (χ1n) is 17.9. The van der Waals surface area contributed by atoms with E-state index in [1.807, 2.05) is 83.4 Å². The third-order valence-corrected chi connectivity index (χ3v) is 8.84. The summed E-state index contributed by atoms with van der Waals surface area (Å²) in [5, 5.41) is 6.53. The first kappa shape index (κ1) is 37.5. The molecular formula is C41H45N5O7. The number of pyridine rings is 2. The molecule has 7 rings (SSSR count). The van der Waals surface area contributed by atoms with Crippen LogP contribution in [0.5, 0.6) is 0 Å². The van der Waals surface area contributed by atoms with Crippen molar-refractivity contribution in [2.75, 3.05) is 27.2 Å². The molecule has 12 heteroatoms. The number of likely N-dealkylation sites (tertiary alicyclic amines) is 1. The predicted octanol–water partition coefficient (Wildman–Crippen LogP) is 7.38. The first-order chi connectivity index (χ1) is 25.5. The van der Waals surface area contributed by atoms with Crippen molar-refractivity contribution < 1.29 is 33.2 Å². The highest BCUT2D eigenvalue weighted by Crippen LogP contribution is 2.30. The maximum Gasteiger partial charge on any atom is 0.329 e. The molecule has 2 unspecified atom stereocenters. The zero-order valence-corrected chi connectivity index (χ0v) is 30.8. The number of aldehydes is 1. The molecule has 0 radical (unpaired) electrons. The van der Waals surface area contributed by atoms with Crippen molar-refractivity contribution in [1.29, 1.82) is 0 Å². The normalized spacial score (nSPS) is 17.4. The first-order valence-corrected chi connectivity index (χ1v) is 17.9. The summed E-state index contributed by atoms with van der Waals surface area (Å²) < 4.78 is 16.3. The molecule has 2 aromatic carbocycles. The Morgan fingerprint density at radius 1 is 0.887 bits per heavy atom. The molecule has 53 heavy (non-hydrogen) atoms. The monoisotopic (exact) mass is 719 g/mol. The number of esters is 1. The SMILES string of the molecule is CC(C)(C)OC(=O)C1CCCN1C(=O)c1cc(-c2ccc(-c3ccc(-c4cc(C=O)c5cnccc5n4)cc3)cc2)no1.CN(C)OC1CCCCO1. The molecule has 0 saturated carbocycles. The molecule has 0 N–H and O–H groups in total. The molecule has 2 fully saturated rings. The third kappa shape index (κ3) is 9.39. The van der Waals surface area contributed by atoms with Crippen LogP contribution in [-0.2, 0) is 19.1 Å². The average Bonchev–Trinajstić information content (AvgIpc) is 3.86. The van der Waals surface area contributed by atoms with Gasteiger partial charge in [-0.25, -0.2) is 9.78 Å². The van der Waals surface area contributed by atoms with Crippen LogP contribution in [0.1, 0.15) is 73.8 Å². The summed E-state index contributed by atoms with van der Waals surface area (Å²) in [7, 11) is 3.75. The van der Waals surface area contributed by atoms with E-state index in [4.69, 9.17) is 23.8 Å². The highest BCUT2D eigenvalue weighted by molar-refractivity contribution is 5.98. The lowest BCUT2D eigenvalue weighted by Gasteiger charge is -2.26. The second-order valence-corrected chi connectivity index (χ2v) is 14.2. The van der Waals surface area contributed by atoms with Crippen LogP contribution >= 0.6 is 0 Å². The van der Waals surface area contributed by atoms with Crippen molar-refractivity contribution in [3.8, 4) is 33.6 Å². The van der Waals surface area contributed by atoms with E-state index in [1.54, 1.807) is 35.7 Å². The van der Waals surface area contributed by atoms with Gasteiger partial charge >= 0.3 is 5.97 Å². The summed E-state index contributed by atoms with van der Waals surface area (Å²) in [6.07, 6.45) is 8.83. The van der Waals surface area contributed by atoms with Crippen LogP contribution in [0.25, 0.3) is 44.5 Å². The lowest BCUT2D eigenvalue weighted by atomic mass is 10.00. The minimum absolute atomic E-state index is 0.00347. The molecule has 276 valence electrons. The van der Waals surface area contributed by atoms with Crippen molar-refractivity contribution in [1.82, 2.24) is 25.1 Å². The minimum atomic E-state index is -0.632. The van der Waals surface area contributed by atoms with Gasteiger partial charge in [-0.1, -0.05) is 53.7 Å². The molecule has 2 aliphatic heterocycles. The maximum atomic E-state index is 13.2. The fourth-order valence-corrected chi connectivity index (χ4v) is 6.31. The van der Waals surface area contributed by atoms with Gasteiger partial charge in [0.15, 0.2) is 12.6 Å². The Labute approximate surface area is 309 Å².